The highest BCUT2D eigenvalue weighted by Gasteiger charge is 2.38. The largest absolute Gasteiger partial charge is 0.352 e. The number of likely N-dealkylation sites (tertiary alicyclic amines) is 1. The van der Waals surface area contributed by atoms with Gasteiger partial charge in [0.2, 0.25) is 5.91 Å². The van der Waals surface area contributed by atoms with Gasteiger partial charge in [0.25, 0.3) is 0 Å². The normalized spacial score (nSPS) is 30.0. The topological polar surface area (TPSA) is 78.5 Å². The minimum absolute atomic E-state index is 0. The van der Waals surface area contributed by atoms with Crippen LogP contribution < -0.4 is 10.6 Å². The van der Waals surface area contributed by atoms with Gasteiger partial charge in [-0.05, 0) is 38.0 Å². The van der Waals surface area contributed by atoms with Gasteiger partial charge in [0.15, 0.2) is 0 Å². The highest BCUT2D eigenvalue weighted by molar-refractivity contribution is 7.90. The Balaban J connectivity index is 0.00000169. The van der Waals surface area contributed by atoms with E-state index in [2.05, 4.69) is 15.5 Å². The van der Waals surface area contributed by atoms with Crippen LogP contribution >= 0.6 is 24.8 Å². The average molecular weight is 430 g/mol. The number of fused-ring (bicyclic) bond motifs is 1. The fraction of sp³-hybridized carbons (Fsp3) is 0.941. The summed E-state index contributed by atoms with van der Waals surface area (Å²) < 4.78 is 22.5. The van der Waals surface area contributed by atoms with E-state index in [0.717, 1.165) is 32.4 Å². The zero-order chi connectivity index (χ0) is 17.2. The summed E-state index contributed by atoms with van der Waals surface area (Å²) in [6.07, 6.45) is 9.17. The molecule has 3 atom stereocenters. The van der Waals surface area contributed by atoms with Gasteiger partial charge in [0.05, 0.1) is 11.8 Å². The number of rotatable bonds is 5. The van der Waals surface area contributed by atoms with Crippen LogP contribution in [0.5, 0.6) is 0 Å². The number of halogens is 2. The summed E-state index contributed by atoms with van der Waals surface area (Å²) in [7, 11) is -2.90. The molecule has 0 aromatic rings. The molecule has 0 bridgehead atoms. The lowest BCUT2D eigenvalue weighted by atomic mass is 9.85. The van der Waals surface area contributed by atoms with Gasteiger partial charge >= 0.3 is 0 Å². The first-order valence-electron chi connectivity index (χ1n) is 9.37. The first-order chi connectivity index (χ1) is 11.4. The molecule has 1 aliphatic carbocycles. The molecule has 2 heterocycles. The molecular weight excluding hydrogens is 397 g/mol. The van der Waals surface area contributed by atoms with E-state index in [4.69, 9.17) is 0 Å². The Hall–Kier alpha value is -0.0800. The Morgan fingerprint density at radius 2 is 1.77 bits per heavy atom. The maximum absolute atomic E-state index is 12.5. The van der Waals surface area contributed by atoms with Crippen LogP contribution in [0.15, 0.2) is 0 Å². The van der Waals surface area contributed by atoms with Crippen molar-refractivity contribution in [3.05, 3.63) is 0 Å². The number of nitrogens with zero attached hydrogens (tertiary/aromatic N) is 1. The quantitative estimate of drug-likeness (QED) is 0.689. The zero-order valence-electron chi connectivity index (χ0n) is 15.5. The smallest absolute Gasteiger partial charge is 0.237 e. The van der Waals surface area contributed by atoms with Crippen molar-refractivity contribution in [2.45, 2.75) is 63.1 Å². The van der Waals surface area contributed by atoms with Crippen LogP contribution in [-0.4, -0.2) is 69.0 Å². The monoisotopic (exact) mass is 429 g/mol. The molecule has 3 aliphatic rings. The Labute approximate surface area is 170 Å². The average Bonchev–Trinajstić information content (AvgIpc) is 2.98. The molecule has 3 unspecified atom stereocenters. The third-order valence-corrected chi connectivity index (χ3v) is 6.82. The second-order valence-electron chi connectivity index (χ2n) is 7.86. The first kappa shape index (κ1) is 24.0. The molecule has 6 nitrogen and oxygen atoms in total. The molecule has 26 heavy (non-hydrogen) atoms. The van der Waals surface area contributed by atoms with Gasteiger partial charge in [-0.15, -0.1) is 24.8 Å². The van der Waals surface area contributed by atoms with Crippen molar-refractivity contribution in [2.24, 2.45) is 5.92 Å². The lowest BCUT2D eigenvalue weighted by Gasteiger charge is -2.32. The SMILES string of the molecule is CS(=O)(=O)CCN1CCC(NC(=O)C2CC3CCCCC3N2)CC1.Cl.Cl. The Bertz CT molecular complexity index is 539. The molecule has 154 valence electrons. The standard InChI is InChI=1S/C17H31N3O3S.2ClH/c1-24(22,23)11-10-20-8-6-14(7-9-20)18-17(21)16-12-13-4-2-3-5-15(13)19-16;;/h13-16,19H,2-12H2,1H3,(H,18,21);2*1H. The van der Waals surface area contributed by atoms with E-state index < -0.39 is 9.84 Å². The highest BCUT2D eigenvalue weighted by Crippen LogP contribution is 2.33. The molecule has 0 radical (unpaired) electrons. The molecule has 0 aromatic heterocycles. The van der Waals surface area contributed by atoms with Gasteiger partial charge in [-0.1, -0.05) is 12.8 Å². The molecule has 0 spiro atoms. The van der Waals surface area contributed by atoms with Gasteiger partial charge in [-0.2, -0.15) is 0 Å². The van der Waals surface area contributed by atoms with Gasteiger partial charge in [0.1, 0.15) is 9.84 Å². The first-order valence-corrected chi connectivity index (χ1v) is 11.4. The van der Waals surface area contributed by atoms with Gasteiger partial charge < -0.3 is 15.5 Å². The maximum atomic E-state index is 12.5. The van der Waals surface area contributed by atoms with Crippen LogP contribution in [0.25, 0.3) is 0 Å². The van der Waals surface area contributed by atoms with Crippen LogP contribution in [0.2, 0.25) is 0 Å². The summed E-state index contributed by atoms with van der Waals surface area (Å²) in [5.74, 6) is 1.07. The number of hydrogen-bond acceptors (Lipinski definition) is 5. The van der Waals surface area contributed by atoms with E-state index in [1.165, 1.54) is 31.9 Å². The molecule has 2 saturated heterocycles. The van der Waals surface area contributed by atoms with E-state index in [1.807, 2.05) is 0 Å². The summed E-state index contributed by atoms with van der Waals surface area (Å²) >= 11 is 0. The van der Waals surface area contributed by atoms with Crippen LogP contribution in [0, 0.1) is 5.92 Å². The van der Waals surface area contributed by atoms with Crippen LogP contribution in [0.4, 0.5) is 0 Å². The summed E-state index contributed by atoms with van der Waals surface area (Å²) in [4.78, 5) is 14.7. The Morgan fingerprint density at radius 3 is 2.38 bits per heavy atom. The molecule has 3 fully saturated rings. The Morgan fingerprint density at radius 1 is 1.12 bits per heavy atom. The Kier molecular flexibility index (Phi) is 9.64. The number of piperidine rings is 1. The molecular formula is C17H33Cl2N3O3S. The van der Waals surface area contributed by atoms with Crippen molar-refractivity contribution >= 4 is 40.6 Å². The highest BCUT2D eigenvalue weighted by atomic mass is 35.5. The number of sulfone groups is 1. The summed E-state index contributed by atoms with van der Waals surface area (Å²) in [6.45, 7) is 2.33. The van der Waals surface area contributed by atoms with E-state index in [9.17, 15) is 13.2 Å². The summed E-state index contributed by atoms with van der Waals surface area (Å²) in [5.41, 5.74) is 0. The van der Waals surface area contributed by atoms with Gasteiger partial charge in [0, 0.05) is 38.0 Å². The maximum Gasteiger partial charge on any atom is 0.237 e. The second-order valence-corrected chi connectivity index (χ2v) is 10.1. The van der Waals surface area contributed by atoms with Gasteiger partial charge in [-0.3, -0.25) is 4.79 Å². The number of amides is 1. The van der Waals surface area contributed by atoms with E-state index in [-0.39, 0.29) is 48.6 Å². The fourth-order valence-corrected chi connectivity index (χ4v) is 5.01. The summed E-state index contributed by atoms with van der Waals surface area (Å²) in [6, 6.07) is 0.769. The molecule has 2 N–H and O–H groups in total. The second kappa shape index (κ2) is 10.5. The van der Waals surface area contributed by atoms with E-state index >= 15 is 0 Å². The van der Waals surface area contributed by atoms with Crippen LogP contribution in [0.1, 0.15) is 44.9 Å². The van der Waals surface area contributed by atoms with Crippen molar-refractivity contribution in [2.75, 3.05) is 31.6 Å². The third kappa shape index (κ3) is 6.82. The predicted octanol–water partition coefficient (Wildman–Crippen LogP) is 1.38. The number of nitrogens with one attached hydrogen (secondary N) is 2. The van der Waals surface area contributed by atoms with Crippen LogP contribution in [0.3, 0.4) is 0 Å². The van der Waals surface area contributed by atoms with E-state index in [1.54, 1.807) is 0 Å². The molecule has 0 aromatic carbocycles. The van der Waals surface area contributed by atoms with Crippen molar-refractivity contribution < 1.29 is 13.2 Å². The zero-order valence-corrected chi connectivity index (χ0v) is 17.9. The van der Waals surface area contributed by atoms with Gasteiger partial charge in [-0.25, -0.2) is 8.42 Å². The van der Waals surface area contributed by atoms with Crippen LogP contribution in [-0.2, 0) is 14.6 Å². The van der Waals surface area contributed by atoms with E-state index in [0.29, 0.717) is 18.5 Å². The molecule has 9 heteroatoms. The number of carbonyl (C=O) groups is 1. The van der Waals surface area contributed by atoms with Crippen molar-refractivity contribution in [1.82, 2.24) is 15.5 Å². The third-order valence-electron chi connectivity index (χ3n) is 5.89. The van der Waals surface area contributed by atoms with Crippen molar-refractivity contribution in [3.8, 4) is 0 Å². The van der Waals surface area contributed by atoms with Crippen molar-refractivity contribution in [1.29, 1.82) is 0 Å². The summed E-state index contributed by atoms with van der Waals surface area (Å²) in [5, 5.41) is 6.76. The molecule has 1 amide bonds. The predicted molar refractivity (Wildman–Crippen MR) is 109 cm³/mol. The lowest BCUT2D eigenvalue weighted by molar-refractivity contribution is -0.123. The number of hydrogen-bond donors (Lipinski definition) is 2. The molecule has 3 rings (SSSR count). The molecule has 1 saturated carbocycles. The number of carbonyl (C=O) groups excluding carboxylic acids is 1. The van der Waals surface area contributed by atoms with Crippen molar-refractivity contribution in [3.63, 3.8) is 0 Å². The lowest BCUT2D eigenvalue weighted by Crippen LogP contribution is -2.50. The minimum Gasteiger partial charge on any atom is -0.352 e. The fourth-order valence-electron chi connectivity index (χ4n) is 4.42. The molecule has 2 aliphatic heterocycles. The minimum atomic E-state index is -2.90.